The van der Waals surface area contributed by atoms with Gasteiger partial charge in [-0.25, -0.2) is 13.1 Å². The van der Waals surface area contributed by atoms with Crippen LogP contribution >= 0.6 is 0 Å². The van der Waals surface area contributed by atoms with Crippen LogP contribution in [-0.2, 0) is 17.1 Å². The highest BCUT2D eigenvalue weighted by atomic mass is 32.2. The molecule has 1 aromatic rings. The van der Waals surface area contributed by atoms with E-state index in [1.54, 1.807) is 10.9 Å². The van der Waals surface area contributed by atoms with E-state index in [0.717, 1.165) is 11.8 Å². The van der Waals surface area contributed by atoms with Crippen molar-refractivity contribution in [2.24, 2.45) is 7.05 Å². The van der Waals surface area contributed by atoms with Crippen molar-refractivity contribution in [2.75, 3.05) is 19.3 Å². The molecule has 0 fully saturated rings. The Hall–Kier alpha value is -0.920. The second-order valence-electron chi connectivity index (χ2n) is 3.79. The summed E-state index contributed by atoms with van der Waals surface area (Å²) in [4.78, 5) is 0. The minimum Gasteiger partial charge on any atom is -0.309 e. The average molecular weight is 246 g/mol. The molecule has 1 heterocycles. The number of aromatic nitrogens is 2. The molecular formula is C9H18N4O2S. The van der Waals surface area contributed by atoms with Gasteiger partial charge >= 0.3 is 0 Å². The van der Waals surface area contributed by atoms with Crippen molar-refractivity contribution < 1.29 is 8.42 Å². The smallest absolute Gasteiger partial charge is 0.208 e. The summed E-state index contributed by atoms with van der Waals surface area (Å²) in [6.07, 6.45) is 4.88. The second-order valence-corrected chi connectivity index (χ2v) is 5.62. The lowest BCUT2D eigenvalue weighted by atomic mass is 10.2. The first-order valence-electron chi connectivity index (χ1n) is 5.05. The molecule has 1 unspecified atom stereocenters. The fourth-order valence-electron chi connectivity index (χ4n) is 1.31. The highest BCUT2D eigenvalue weighted by molar-refractivity contribution is 7.88. The topological polar surface area (TPSA) is 76.0 Å². The highest BCUT2D eigenvalue weighted by Gasteiger charge is 2.06. The zero-order valence-electron chi connectivity index (χ0n) is 9.77. The Kier molecular flexibility index (Phi) is 4.45. The van der Waals surface area contributed by atoms with Gasteiger partial charge in [0.05, 0.1) is 12.5 Å². The number of hydrogen-bond acceptors (Lipinski definition) is 4. The third kappa shape index (κ3) is 4.73. The summed E-state index contributed by atoms with van der Waals surface area (Å²) < 4.78 is 25.8. The molecule has 6 nitrogen and oxygen atoms in total. The lowest BCUT2D eigenvalue weighted by Gasteiger charge is -2.11. The lowest BCUT2D eigenvalue weighted by molar-refractivity contribution is 0.556. The summed E-state index contributed by atoms with van der Waals surface area (Å²) in [7, 11) is -1.23. The van der Waals surface area contributed by atoms with Gasteiger partial charge in [-0.3, -0.25) is 4.68 Å². The number of aryl methyl sites for hydroxylation is 1. The van der Waals surface area contributed by atoms with Crippen LogP contribution in [0.1, 0.15) is 18.5 Å². The minimum atomic E-state index is -3.09. The van der Waals surface area contributed by atoms with Crippen molar-refractivity contribution in [3.8, 4) is 0 Å². The first-order valence-corrected chi connectivity index (χ1v) is 6.94. The van der Waals surface area contributed by atoms with Crippen molar-refractivity contribution >= 4 is 10.0 Å². The number of hydrogen-bond donors (Lipinski definition) is 2. The van der Waals surface area contributed by atoms with Crippen molar-refractivity contribution in [3.63, 3.8) is 0 Å². The van der Waals surface area contributed by atoms with Crippen LogP contribution in [0.5, 0.6) is 0 Å². The quantitative estimate of drug-likeness (QED) is 0.671. The monoisotopic (exact) mass is 246 g/mol. The maximum Gasteiger partial charge on any atom is 0.208 e. The van der Waals surface area contributed by atoms with E-state index in [9.17, 15) is 8.42 Å². The van der Waals surface area contributed by atoms with E-state index in [4.69, 9.17) is 0 Å². The van der Waals surface area contributed by atoms with Crippen molar-refractivity contribution in [1.82, 2.24) is 19.8 Å². The molecule has 92 valence electrons. The molecule has 0 spiro atoms. The molecule has 0 bridgehead atoms. The van der Waals surface area contributed by atoms with Crippen LogP contribution in [0.3, 0.4) is 0 Å². The van der Waals surface area contributed by atoms with E-state index in [-0.39, 0.29) is 6.04 Å². The van der Waals surface area contributed by atoms with Gasteiger partial charge in [0.15, 0.2) is 0 Å². The molecule has 0 aliphatic rings. The molecule has 0 amide bonds. The maximum atomic E-state index is 10.8. The standard InChI is InChI=1S/C9H18N4O2S/c1-8(9-6-11-13(2)7-9)10-4-5-12-16(3,14)15/h6-8,10,12H,4-5H2,1-3H3. The lowest BCUT2D eigenvalue weighted by Crippen LogP contribution is -2.32. The molecule has 0 aliphatic carbocycles. The summed E-state index contributed by atoms with van der Waals surface area (Å²) in [5, 5.41) is 7.27. The van der Waals surface area contributed by atoms with Gasteiger partial charge < -0.3 is 5.32 Å². The molecular weight excluding hydrogens is 228 g/mol. The minimum absolute atomic E-state index is 0.162. The van der Waals surface area contributed by atoms with E-state index in [1.807, 2.05) is 20.2 Å². The Morgan fingerprint density at radius 2 is 2.19 bits per heavy atom. The number of nitrogens with one attached hydrogen (secondary N) is 2. The van der Waals surface area contributed by atoms with Crippen molar-refractivity contribution in [2.45, 2.75) is 13.0 Å². The van der Waals surface area contributed by atoms with Crippen LogP contribution in [0.15, 0.2) is 12.4 Å². The normalized spacial score (nSPS) is 13.9. The Bertz CT molecular complexity index is 426. The van der Waals surface area contributed by atoms with E-state index in [1.165, 1.54) is 0 Å². The van der Waals surface area contributed by atoms with Gasteiger partial charge in [-0.05, 0) is 6.92 Å². The summed E-state index contributed by atoms with van der Waals surface area (Å²) >= 11 is 0. The summed E-state index contributed by atoms with van der Waals surface area (Å²) in [5.74, 6) is 0. The first-order chi connectivity index (χ1) is 7.38. The zero-order chi connectivity index (χ0) is 12.2. The molecule has 16 heavy (non-hydrogen) atoms. The van der Waals surface area contributed by atoms with Crippen LogP contribution in [0.2, 0.25) is 0 Å². The van der Waals surface area contributed by atoms with Crippen LogP contribution in [0.25, 0.3) is 0 Å². The Balaban J connectivity index is 2.28. The van der Waals surface area contributed by atoms with Crippen molar-refractivity contribution in [1.29, 1.82) is 0 Å². The fraction of sp³-hybridized carbons (Fsp3) is 0.667. The van der Waals surface area contributed by atoms with Crippen LogP contribution in [0.4, 0.5) is 0 Å². The molecule has 7 heteroatoms. The molecule has 0 saturated heterocycles. The fourth-order valence-corrected chi connectivity index (χ4v) is 1.78. The molecule has 0 aliphatic heterocycles. The SMILES string of the molecule is CC(NCCNS(C)(=O)=O)c1cnn(C)c1. The highest BCUT2D eigenvalue weighted by Crippen LogP contribution is 2.09. The Morgan fingerprint density at radius 3 is 2.69 bits per heavy atom. The van der Waals surface area contributed by atoms with E-state index >= 15 is 0 Å². The van der Waals surface area contributed by atoms with Gasteiger partial charge in [0.25, 0.3) is 0 Å². The van der Waals surface area contributed by atoms with Gasteiger partial charge in [0.2, 0.25) is 10.0 Å². The predicted octanol–water partition coefficient (Wildman–Crippen LogP) is -0.380. The van der Waals surface area contributed by atoms with E-state index in [2.05, 4.69) is 15.1 Å². The molecule has 1 atom stereocenters. The predicted molar refractivity (Wildman–Crippen MR) is 62.5 cm³/mol. The molecule has 2 N–H and O–H groups in total. The molecule has 0 radical (unpaired) electrons. The molecule has 0 aromatic carbocycles. The van der Waals surface area contributed by atoms with Crippen LogP contribution < -0.4 is 10.0 Å². The largest absolute Gasteiger partial charge is 0.309 e. The first kappa shape index (κ1) is 13.1. The Morgan fingerprint density at radius 1 is 1.50 bits per heavy atom. The van der Waals surface area contributed by atoms with Gasteiger partial charge in [-0.15, -0.1) is 0 Å². The number of rotatable bonds is 6. The van der Waals surface area contributed by atoms with Crippen molar-refractivity contribution in [3.05, 3.63) is 18.0 Å². The Labute approximate surface area is 96.1 Å². The third-order valence-corrected chi connectivity index (χ3v) is 2.89. The maximum absolute atomic E-state index is 10.8. The third-order valence-electron chi connectivity index (χ3n) is 2.16. The van der Waals surface area contributed by atoms with Gasteiger partial charge in [0, 0.05) is 37.9 Å². The summed E-state index contributed by atoms with van der Waals surface area (Å²) in [6, 6.07) is 0.162. The number of sulfonamides is 1. The van der Waals surface area contributed by atoms with E-state index in [0.29, 0.717) is 13.1 Å². The van der Waals surface area contributed by atoms with E-state index < -0.39 is 10.0 Å². The zero-order valence-corrected chi connectivity index (χ0v) is 10.6. The summed E-state index contributed by atoms with van der Waals surface area (Å²) in [6.45, 7) is 2.99. The molecule has 1 aromatic heterocycles. The van der Waals surface area contributed by atoms with Gasteiger partial charge in [0.1, 0.15) is 0 Å². The van der Waals surface area contributed by atoms with Crippen LogP contribution in [0, 0.1) is 0 Å². The van der Waals surface area contributed by atoms with Gasteiger partial charge in [-0.1, -0.05) is 0 Å². The second kappa shape index (κ2) is 5.42. The molecule has 1 rings (SSSR count). The molecule has 0 saturated carbocycles. The summed E-state index contributed by atoms with van der Waals surface area (Å²) in [5.41, 5.74) is 1.09. The average Bonchev–Trinajstić information content (AvgIpc) is 2.57. The van der Waals surface area contributed by atoms with Crippen LogP contribution in [-0.4, -0.2) is 37.5 Å². The van der Waals surface area contributed by atoms with Gasteiger partial charge in [-0.2, -0.15) is 5.10 Å². The number of nitrogens with zero attached hydrogens (tertiary/aromatic N) is 2.